The summed E-state index contributed by atoms with van der Waals surface area (Å²) in [5, 5.41) is 160. The monoisotopic (exact) mass is 726 g/mol. The molecule has 0 aromatic carbocycles. The second-order valence-corrected chi connectivity index (χ2v) is 12.3. The molecule has 3 aliphatic heterocycles. The Labute approximate surface area is 281 Å². The largest absolute Gasteiger partial charge is 0.394 e. The van der Waals surface area contributed by atoms with Crippen LogP contribution in [-0.2, 0) is 18.9 Å². The first-order chi connectivity index (χ1) is 22.9. The number of ether oxygens (including phenoxy) is 4. The maximum atomic E-state index is 9.85. The second kappa shape index (κ2) is 19.8. The lowest BCUT2D eigenvalue weighted by Gasteiger charge is -2.45. The summed E-state index contributed by atoms with van der Waals surface area (Å²) in [4.78, 5) is 0. The highest BCUT2D eigenvalue weighted by atomic mass is 16.7. The van der Waals surface area contributed by atoms with Gasteiger partial charge in [-0.05, 0) is 12.8 Å². The van der Waals surface area contributed by atoms with Crippen LogP contribution < -0.4 is 0 Å². The minimum atomic E-state index is -1.83. The van der Waals surface area contributed by atoms with E-state index in [1.807, 2.05) is 0 Å². The van der Waals surface area contributed by atoms with E-state index in [1.54, 1.807) is 13.8 Å². The van der Waals surface area contributed by atoms with Crippen molar-refractivity contribution in [3.05, 3.63) is 0 Å². The highest BCUT2D eigenvalue weighted by Crippen LogP contribution is 2.29. The molecule has 3 saturated heterocycles. The minimum Gasteiger partial charge on any atom is -0.394 e. The Balaban J connectivity index is 0.000000274. The van der Waals surface area contributed by atoms with Crippen molar-refractivity contribution in [2.24, 2.45) is 0 Å². The van der Waals surface area contributed by atoms with Crippen LogP contribution in [0.4, 0.5) is 0 Å². The lowest BCUT2D eigenvalue weighted by atomic mass is 9.84. The van der Waals surface area contributed by atoms with E-state index >= 15 is 0 Å². The Morgan fingerprint density at radius 1 is 0.347 bits per heavy atom. The zero-order valence-corrected chi connectivity index (χ0v) is 26.9. The Morgan fingerprint density at radius 2 is 0.612 bits per heavy atom. The molecular weight excluding hydrogens is 672 g/mol. The van der Waals surface area contributed by atoms with Crippen LogP contribution in [0.25, 0.3) is 0 Å². The topological polar surface area (TPSA) is 381 Å². The van der Waals surface area contributed by atoms with Gasteiger partial charge < -0.3 is 106 Å². The van der Waals surface area contributed by atoms with Crippen molar-refractivity contribution < 1.29 is 106 Å². The molecule has 4 fully saturated rings. The van der Waals surface area contributed by atoms with E-state index in [4.69, 9.17) is 34.3 Å². The average molecular weight is 727 g/mol. The first kappa shape index (κ1) is 44.3. The van der Waals surface area contributed by atoms with Gasteiger partial charge in [-0.2, -0.15) is 0 Å². The average Bonchev–Trinajstić information content (AvgIpc) is 3.10. The zero-order valence-electron chi connectivity index (χ0n) is 26.9. The Bertz CT molecular complexity index is 843. The Kier molecular flexibility index (Phi) is 17.9. The third kappa shape index (κ3) is 10.2. The summed E-state index contributed by atoms with van der Waals surface area (Å²) in [5.74, 6) is 0. The van der Waals surface area contributed by atoms with E-state index in [0.29, 0.717) is 12.8 Å². The molecule has 49 heavy (non-hydrogen) atoms. The van der Waals surface area contributed by atoms with Crippen molar-refractivity contribution in [2.75, 3.05) is 19.8 Å². The molecule has 17 N–H and O–H groups in total. The van der Waals surface area contributed by atoms with Gasteiger partial charge in [-0.1, -0.05) is 13.8 Å². The molecule has 0 radical (unpaired) electrons. The lowest BCUT2D eigenvalue weighted by Crippen LogP contribution is -2.67. The van der Waals surface area contributed by atoms with Crippen LogP contribution in [0.1, 0.15) is 26.7 Å². The van der Waals surface area contributed by atoms with Crippen LogP contribution in [0.3, 0.4) is 0 Å². The van der Waals surface area contributed by atoms with Crippen LogP contribution in [-0.4, -0.2) is 235 Å². The predicted molar refractivity (Wildman–Crippen MR) is 157 cm³/mol. The summed E-state index contributed by atoms with van der Waals surface area (Å²) in [6.45, 7) is 2.17. The molecule has 1 aliphatic carbocycles. The smallest absolute Gasteiger partial charge is 0.187 e. The summed E-state index contributed by atoms with van der Waals surface area (Å²) in [6.07, 6.45) is -27.5. The predicted octanol–water partition coefficient (Wildman–Crippen LogP) is -9.53. The first-order valence-corrected chi connectivity index (χ1v) is 15.9. The molecule has 4 aliphatic rings. The summed E-state index contributed by atoms with van der Waals surface area (Å²) < 4.78 is 20.5. The fraction of sp³-hybridized carbons (Fsp3) is 1.00. The van der Waals surface area contributed by atoms with Crippen LogP contribution in [0.2, 0.25) is 0 Å². The Morgan fingerprint density at radius 3 is 0.939 bits per heavy atom. The molecule has 3 heterocycles. The molecule has 292 valence electrons. The quantitative estimate of drug-likeness (QED) is 0.116. The lowest BCUT2D eigenvalue weighted by molar-refractivity contribution is -0.339. The highest BCUT2D eigenvalue weighted by molar-refractivity contribution is 5.00. The maximum Gasteiger partial charge on any atom is 0.187 e. The fourth-order valence-corrected chi connectivity index (χ4v) is 5.72. The van der Waals surface area contributed by atoms with Gasteiger partial charge in [0.2, 0.25) is 0 Å². The van der Waals surface area contributed by atoms with Crippen LogP contribution in [0.5, 0.6) is 0 Å². The Hall–Kier alpha value is -0.840. The van der Waals surface area contributed by atoms with Crippen molar-refractivity contribution in [2.45, 2.75) is 155 Å². The number of hydrogen-bond acceptors (Lipinski definition) is 21. The van der Waals surface area contributed by atoms with Crippen molar-refractivity contribution in [1.29, 1.82) is 0 Å². The first-order valence-electron chi connectivity index (χ1n) is 15.9. The second-order valence-electron chi connectivity index (χ2n) is 12.3. The van der Waals surface area contributed by atoms with E-state index in [2.05, 4.69) is 0 Å². The molecule has 4 rings (SSSR count). The third-order valence-electron chi connectivity index (χ3n) is 9.00. The van der Waals surface area contributed by atoms with Crippen molar-refractivity contribution in [3.8, 4) is 0 Å². The van der Waals surface area contributed by atoms with Crippen LogP contribution >= 0.6 is 0 Å². The summed E-state index contributed by atoms with van der Waals surface area (Å²) in [6, 6.07) is 0. The van der Waals surface area contributed by atoms with Gasteiger partial charge >= 0.3 is 0 Å². The molecule has 0 spiro atoms. The van der Waals surface area contributed by atoms with Gasteiger partial charge in [-0.15, -0.1) is 0 Å². The number of aliphatic hydroxyl groups excluding tert-OH is 17. The molecule has 0 bridgehead atoms. The number of hydrogen-bond donors (Lipinski definition) is 17. The van der Waals surface area contributed by atoms with Crippen molar-refractivity contribution in [3.63, 3.8) is 0 Å². The molecule has 21 heteroatoms. The third-order valence-corrected chi connectivity index (χ3v) is 9.00. The van der Waals surface area contributed by atoms with Gasteiger partial charge in [0, 0.05) is 0 Å². The van der Waals surface area contributed by atoms with E-state index in [-0.39, 0.29) is 13.2 Å². The van der Waals surface area contributed by atoms with Gasteiger partial charge in [-0.25, -0.2) is 0 Å². The van der Waals surface area contributed by atoms with Crippen molar-refractivity contribution >= 4 is 0 Å². The molecule has 0 aromatic rings. The van der Waals surface area contributed by atoms with Gasteiger partial charge in [0.1, 0.15) is 110 Å². The highest BCUT2D eigenvalue weighted by Gasteiger charge is 2.52. The molecule has 21 nitrogen and oxygen atoms in total. The molecule has 11 unspecified atom stereocenters. The van der Waals surface area contributed by atoms with E-state index < -0.39 is 135 Å². The van der Waals surface area contributed by atoms with Crippen LogP contribution in [0.15, 0.2) is 0 Å². The number of aliphatic hydroxyl groups is 17. The summed E-state index contributed by atoms with van der Waals surface area (Å²) in [7, 11) is 0. The van der Waals surface area contributed by atoms with E-state index in [1.165, 1.54) is 0 Å². The molecule has 21 atom stereocenters. The van der Waals surface area contributed by atoms with E-state index in [0.717, 1.165) is 0 Å². The summed E-state index contributed by atoms with van der Waals surface area (Å²) >= 11 is 0. The molecule has 1 saturated carbocycles. The summed E-state index contributed by atoms with van der Waals surface area (Å²) in [5.41, 5.74) is 0. The zero-order chi connectivity index (χ0) is 37.5. The van der Waals surface area contributed by atoms with Crippen molar-refractivity contribution in [1.82, 2.24) is 0 Å². The minimum absolute atomic E-state index is 0.360. The standard InChI is InChI=1S/C12H22O11.2C8H16O5/c13-1-2-3(14)4(15)10(21)12(22-2)23-11-8(19)6(17)5(16)7(18)9(11)20;2*1-2-4-6(10)8(12)7(11)5(3-9)13-4/h2-21H,1H2;2*4-12H,2-3H2,1H3/t2?,3-,4+,5?,6?,7?,8-,9?,10?,11?,12-;2*4-,5?,6?,7+,8+/m011/s1. The SMILES string of the molecule is CC[C@H]1OC(CO)[C@H](O)[C@@H](O)C1O.CC[C@H]1OC(CO)[C@H](O)[C@@H](O)C1O.OCC1O[C@@H](OC2C(O)C(O)C(O)C(O)[C@@H]2O)C(O)[C@H](O)[C@H]1O. The molecular formula is C28H54O21. The molecule has 0 aromatic heterocycles. The normalized spacial score (nSPS) is 50.4. The fourth-order valence-electron chi connectivity index (χ4n) is 5.72. The van der Waals surface area contributed by atoms with Gasteiger partial charge in [0.25, 0.3) is 0 Å². The van der Waals surface area contributed by atoms with Gasteiger partial charge in [-0.3, -0.25) is 0 Å². The maximum absolute atomic E-state index is 9.85. The van der Waals surface area contributed by atoms with Gasteiger partial charge in [0.15, 0.2) is 6.29 Å². The van der Waals surface area contributed by atoms with E-state index in [9.17, 15) is 71.5 Å². The van der Waals surface area contributed by atoms with Gasteiger partial charge in [0.05, 0.1) is 32.0 Å². The van der Waals surface area contributed by atoms with Crippen LogP contribution in [0, 0.1) is 0 Å². The molecule has 0 amide bonds. The number of rotatable bonds is 7.